The lowest BCUT2D eigenvalue weighted by Crippen LogP contribution is -2.23. The summed E-state index contributed by atoms with van der Waals surface area (Å²) >= 11 is 0. The van der Waals surface area contributed by atoms with E-state index in [1.54, 1.807) is 12.1 Å². The third-order valence-electron chi connectivity index (χ3n) is 3.58. The Morgan fingerprint density at radius 2 is 1.73 bits per heavy atom. The molecule has 8 nitrogen and oxygen atoms in total. The van der Waals surface area contributed by atoms with E-state index in [-0.39, 0.29) is 12.1 Å². The smallest absolute Gasteiger partial charge is 0.305 e. The number of nitro groups is 1. The maximum atomic E-state index is 13.4. The molecule has 0 saturated carbocycles. The highest BCUT2D eigenvalue weighted by Crippen LogP contribution is 2.38. The van der Waals surface area contributed by atoms with Gasteiger partial charge in [-0.15, -0.1) is 0 Å². The zero-order chi connectivity index (χ0) is 19.3. The summed E-state index contributed by atoms with van der Waals surface area (Å²) in [5.74, 6) is -0.320. The lowest BCUT2D eigenvalue weighted by molar-refractivity contribution is -0.387. The number of benzene rings is 2. The van der Waals surface area contributed by atoms with Crippen LogP contribution in [-0.2, 0) is 6.54 Å². The van der Waals surface area contributed by atoms with Gasteiger partial charge in [0.2, 0.25) is 11.6 Å². The molecule has 2 aromatic rings. The van der Waals surface area contributed by atoms with Crippen molar-refractivity contribution < 1.29 is 28.3 Å². The molecule has 138 valence electrons. The quantitative estimate of drug-likeness (QED) is 0.599. The summed E-state index contributed by atoms with van der Waals surface area (Å²) in [5, 5.41) is 13.4. The Labute approximate surface area is 148 Å². The topological polar surface area (TPSA) is 99.9 Å². The molecule has 0 aliphatic heterocycles. The first kappa shape index (κ1) is 19.0. The van der Waals surface area contributed by atoms with Gasteiger partial charge < -0.3 is 19.5 Å². The van der Waals surface area contributed by atoms with Crippen LogP contribution in [0.1, 0.15) is 15.9 Å². The second-order valence-electron chi connectivity index (χ2n) is 5.14. The van der Waals surface area contributed by atoms with Gasteiger partial charge in [-0.3, -0.25) is 14.9 Å². The van der Waals surface area contributed by atoms with E-state index in [9.17, 15) is 19.3 Å². The van der Waals surface area contributed by atoms with Crippen molar-refractivity contribution in [3.63, 3.8) is 0 Å². The number of hydrogen-bond acceptors (Lipinski definition) is 6. The van der Waals surface area contributed by atoms with Gasteiger partial charge in [-0.1, -0.05) is 0 Å². The van der Waals surface area contributed by atoms with Crippen LogP contribution in [-0.4, -0.2) is 32.2 Å². The summed E-state index contributed by atoms with van der Waals surface area (Å²) in [5.41, 5.74) is -0.125. The number of nitrogens with one attached hydrogen (secondary N) is 1. The van der Waals surface area contributed by atoms with Gasteiger partial charge in [0.1, 0.15) is 0 Å². The number of methoxy groups -OCH3 is 3. The first-order valence-electron chi connectivity index (χ1n) is 7.42. The van der Waals surface area contributed by atoms with Crippen molar-refractivity contribution in [2.24, 2.45) is 0 Å². The van der Waals surface area contributed by atoms with Crippen LogP contribution in [0.4, 0.5) is 10.1 Å². The van der Waals surface area contributed by atoms with Crippen molar-refractivity contribution in [2.45, 2.75) is 6.54 Å². The predicted octanol–water partition coefficient (Wildman–Crippen LogP) is 2.69. The monoisotopic (exact) mass is 364 g/mol. The minimum Gasteiger partial charge on any atom is -0.493 e. The first-order chi connectivity index (χ1) is 12.4. The van der Waals surface area contributed by atoms with Gasteiger partial charge in [0.05, 0.1) is 26.3 Å². The zero-order valence-electron chi connectivity index (χ0n) is 14.4. The maximum Gasteiger partial charge on any atom is 0.305 e. The number of halogens is 1. The van der Waals surface area contributed by atoms with E-state index in [1.165, 1.54) is 27.4 Å². The van der Waals surface area contributed by atoms with Crippen LogP contribution in [0.15, 0.2) is 30.3 Å². The van der Waals surface area contributed by atoms with Crippen LogP contribution in [0, 0.1) is 15.9 Å². The number of carbonyl (C=O) groups excluding carboxylic acids is 1. The van der Waals surface area contributed by atoms with Crippen molar-refractivity contribution >= 4 is 11.6 Å². The molecule has 2 aromatic carbocycles. The van der Waals surface area contributed by atoms with E-state index in [0.717, 1.165) is 12.1 Å². The Balaban J connectivity index is 2.19. The van der Waals surface area contributed by atoms with E-state index < -0.39 is 22.3 Å². The molecule has 0 aliphatic carbocycles. The Bertz CT molecular complexity index is 815. The van der Waals surface area contributed by atoms with Crippen molar-refractivity contribution in [3.05, 3.63) is 57.4 Å². The molecule has 9 heteroatoms. The molecule has 0 atom stereocenters. The lowest BCUT2D eigenvalue weighted by Gasteiger charge is -2.14. The van der Waals surface area contributed by atoms with E-state index in [0.29, 0.717) is 22.8 Å². The van der Waals surface area contributed by atoms with Gasteiger partial charge in [-0.05, 0) is 29.8 Å². The van der Waals surface area contributed by atoms with Crippen LogP contribution in [0.2, 0.25) is 0 Å². The largest absolute Gasteiger partial charge is 0.493 e. The number of ether oxygens (including phenoxy) is 3. The highest BCUT2D eigenvalue weighted by Gasteiger charge is 2.18. The molecule has 0 fully saturated rings. The van der Waals surface area contributed by atoms with Crippen LogP contribution in [0.25, 0.3) is 0 Å². The SMILES string of the molecule is COc1cc(CNC(=O)c2ccc(F)c([N+](=O)[O-])c2)cc(OC)c1OC. The highest BCUT2D eigenvalue weighted by molar-refractivity contribution is 5.94. The third-order valence-corrected chi connectivity index (χ3v) is 3.58. The Morgan fingerprint density at radius 1 is 1.12 bits per heavy atom. The van der Waals surface area contributed by atoms with Crippen molar-refractivity contribution in [2.75, 3.05) is 21.3 Å². The number of amides is 1. The summed E-state index contributed by atoms with van der Waals surface area (Å²) in [6.45, 7) is 0.0979. The van der Waals surface area contributed by atoms with E-state index in [4.69, 9.17) is 14.2 Å². The molecule has 0 saturated heterocycles. The third kappa shape index (κ3) is 4.00. The minimum atomic E-state index is -1.00. The molecule has 1 N–H and O–H groups in total. The van der Waals surface area contributed by atoms with Crippen LogP contribution < -0.4 is 19.5 Å². The molecule has 1 amide bonds. The van der Waals surface area contributed by atoms with E-state index in [2.05, 4.69) is 5.32 Å². The summed E-state index contributed by atoms with van der Waals surface area (Å²) in [6.07, 6.45) is 0. The van der Waals surface area contributed by atoms with Crippen LogP contribution in [0.3, 0.4) is 0 Å². The van der Waals surface area contributed by atoms with Gasteiger partial charge in [0, 0.05) is 18.2 Å². The highest BCUT2D eigenvalue weighted by atomic mass is 19.1. The van der Waals surface area contributed by atoms with E-state index >= 15 is 0 Å². The standard InChI is InChI=1S/C17H17FN2O6/c1-24-14-6-10(7-15(25-2)16(14)26-3)9-19-17(21)11-4-5-12(18)13(8-11)20(22)23/h4-8H,9H2,1-3H3,(H,19,21). The van der Waals surface area contributed by atoms with Crippen LogP contribution >= 0.6 is 0 Å². The maximum absolute atomic E-state index is 13.4. The van der Waals surface area contributed by atoms with Gasteiger partial charge in [0.25, 0.3) is 5.91 Å². The van der Waals surface area contributed by atoms with Crippen molar-refractivity contribution in [1.82, 2.24) is 5.32 Å². The molecule has 0 unspecified atom stereocenters. The Morgan fingerprint density at radius 3 is 2.23 bits per heavy atom. The fourth-order valence-electron chi connectivity index (χ4n) is 2.32. The summed E-state index contributed by atoms with van der Waals surface area (Å²) in [4.78, 5) is 22.1. The number of carbonyl (C=O) groups is 1. The second kappa shape index (κ2) is 8.15. The van der Waals surface area contributed by atoms with Gasteiger partial charge >= 0.3 is 5.69 Å². The van der Waals surface area contributed by atoms with Crippen molar-refractivity contribution in [1.29, 1.82) is 0 Å². The molecule has 0 bridgehead atoms. The predicted molar refractivity (Wildman–Crippen MR) is 90.3 cm³/mol. The summed E-state index contributed by atoms with van der Waals surface area (Å²) < 4.78 is 29.0. The molecular weight excluding hydrogens is 347 g/mol. The van der Waals surface area contributed by atoms with Gasteiger partial charge in [0.15, 0.2) is 11.5 Å². The Hall–Kier alpha value is -3.36. The average Bonchev–Trinajstić information content (AvgIpc) is 2.65. The molecular formula is C17H17FN2O6. The molecule has 0 heterocycles. The number of rotatable bonds is 7. The Kier molecular flexibility index (Phi) is 5.94. The first-order valence-corrected chi connectivity index (χ1v) is 7.42. The minimum absolute atomic E-state index is 0.0226. The molecule has 2 rings (SSSR count). The second-order valence-corrected chi connectivity index (χ2v) is 5.14. The lowest BCUT2D eigenvalue weighted by atomic mass is 10.1. The number of nitro benzene ring substituents is 1. The summed E-state index contributed by atoms with van der Waals surface area (Å²) in [6, 6.07) is 6.27. The molecule has 0 spiro atoms. The number of nitrogens with zero attached hydrogens (tertiary/aromatic N) is 1. The van der Waals surface area contributed by atoms with E-state index in [1.807, 2.05) is 0 Å². The van der Waals surface area contributed by atoms with Gasteiger partial charge in [-0.25, -0.2) is 0 Å². The van der Waals surface area contributed by atoms with Gasteiger partial charge in [-0.2, -0.15) is 4.39 Å². The number of hydrogen-bond donors (Lipinski definition) is 1. The molecule has 0 radical (unpaired) electrons. The van der Waals surface area contributed by atoms with Crippen molar-refractivity contribution in [3.8, 4) is 17.2 Å². The molecule has 0 aliphatic rings. The fraction of sp³-hybridized carbons (Fsp3) is 0.235. The molecule has 0 aromatic heterocycles. The normalized spacial score (nSPS) is 10.2. The summed E-state index contributed by atoms with van der Waals surface area (Å²) in [7, 11) is 4.41. The average molecular weight is 364 g/mol. The fourth-order valence-corrected chi connectivity index (χ4v) is 2.32. The zero-order valence-corrected chi connectivity index (χ0v) is 14.4. The van der Waals surface area contributed by atoms with Crippen LogP contribution in [0.5, 0.6) is 17.2 Å². The molecule has 26 heavy (non-hydrogen) atoms.